The Labute approximate surface area is 110 Å². The molecule has 4 nitrogen and oxygen atoms in total. The molecule has 1 aromatic heterocycles. The SMILES string of the molecule is CCCNCC1CCN(Cc2ncccn2)CC1. The molecule has 1 aromatic rings. The maximum Gasteiger partial charge on any atom is 0.142 e. The monoisotopic (exact) mass is 248 g/mol. The fourth-order valence-corrected chi connectivity index (χ4v) is 2.44. The van der Waals surface area contributed by atoms with E-state index in [0.29, 0.717) is 0 Å². The first-order valence-corrected chi connectivity index (χ1v) is 7.07. The number of rotatable bonds is 6. The van der Waals surface area contributed by atoms with Crippen molar-refractivity contribution in [3.8, 4) is 0 Å². The summed E-state index contributed by atoms with van der Waals surface area (Å²) in [4.78, 5) is 11.0. The fourth-order valence-electron chi connectivity index (χ4n) is 2.44. The van der Waals surface area contributed by atoms with E-state index in [4.69, 9.17) is 0 Å². The van der Waals surface area contributed by atoms with Gasteiger partial charge < -0.3 is 5.32 Å². The van der Waals surface area contributed by atoms with Crippen LogP contribution in [0.15, 0.2) is 18.5 Å². The van der Waals surface area contributed by atoms with Gasteiger partial charge in [0, 0.05) is 12.4 Å². The molecule has 100 valence electrons. The predicted molar refractivity (Wildman–Crippen MR) is 73.2 cm³/mol. The van der Waals surface area contributed by atoms with E-state index in [1.807, 2.05) is 18.5 Å². The topological polar surface area (TPSA) is 41.0 Å². The predicted octanol–water partition coefficient (Wildman–Crippen LogP) is 1.69. The Kier molecular flexibility index (Phi) is 5.55. The van der Waals surface area contributed by atoms with Gasteiger partial charge in [0.25, 0.3) is 0 Å². The lowest BCUT2D eigenvalue weighted by Gasteiger charge is -2.31. The molecule has 1 aliphatic rings. The van der Waals surface area contributed by atoms with Crippen LogP contribution in [-0.2, 0) is 6.54 Å². The van der Waals surface area contributed by atoms with Crippen molar-refractivity contribution in [1.29, 1.82) is 0 Å². The molecule has 2 heterocycles. The first-order valence-electron chi connectivity index (χ1n) is 7.07. The van der Waals surface area contributed by atoms with E-state index >= 15 is 0 Å². The van der Waals surface area contributed by atoms with Gasteiger partial charge in [0.05, 0.1) is 6.54 Å². The molecule has 2 rings (SSSR count). The third-order valence-corrected chi connectivity index (χ3v) is 3.55. The van der Waals surface area contributed by atoms with E-state index in [0.717, 1.165) is 24.8 Å². The summed E-state index contributed by atoms with van der Waals surface area (Å²) in [5.41, 5.74) is 0. The Morgan fingerprint density at radius 1 is 1.28 bits per heavy atom. The van der Waals surface area contributed by atoms with Crippen LogP contribution in [0.1, 0.15) is 32.0 Å². The van der Waals surface area contributed by atoms with E-state index in [1.165, 1.54) is 38.9 Å². The molecule has 1 N–H and O–H groups in total. The van der Waals surface area contributed by atoms with Gasteiger partial charge in [0.15, 0.2) is 0 Å². The molecule has 0 aromatic carbocycles. The van der Waals surface area contributed by atoms with Crippen LogP contribution in [0.4, 0.5) is 0 Å². The zero-order valence-electron chi connectivity index (χ0n) is 11.3. The smallest absolute Gasteiger partial charge is 0.142 e. The lowest BCUT2D eigenvalue weighted by Crippen LogP contribution is -2.37. The van der Waals surface area contributed by atoms with Crippen LogP contribution in [0.5, 0.6) is 0 Å². The van der Waals surface area contributed by atoms with E-state index in [2.05, 4.69) is 27.1 Å². The summed E-state index contributed by atoms with van der Waals surface area (Å²) in [6.45, 7) is 7.81. The number of aromatic nitrogens is 2. The van der Waals surface area contributed by atoms with Crippen molar-refractivity contribution in [1.82, 2.24) is 20.2 Å². The number of nitrogens with zero attached hydrogens (tertiary/aromatic N) is 3. The third kappa shape index (κ3) is 4.35. The normalized spacial score (nSPS) is 18.1. The molecular weight excluding hydrogens is 224 g/mol. The molecule has 18 heavy (non-hydrogen) atoms. The highest BCUT2D eigenvalue weighted by Crippen LogP contribution is 2.17. The summed E-state index contributed by atoms with van der Waals surface area (Å²) in [5, 5.41) is 3.53. The Hall–Kier alpha value is -1.00. The zero-order valence-corrected chi connectivity index (χ0v) is 11.3. The van der Waals surface area contributed by atoms with Crippen molar-refractivity contribution in [2.24, 2.45) is 5.92 Å². The third-order valence-electron chi connectivity index (χ3n) is 3.55. The summed E-state index contributed by atoms with van der Waals surface area (Å²) in [5.74, 6) is 1.80. The van der Waals surface area contributed by atoms with Crippen molar-refractivity contribution in [2.45, 2.75) is 32.7 Å². The summed E-state index contributed by atoms with van der Waals surface area (Å²) in [6, 6.07) is 1.87. The largest absolute Gasteiger partial charge is 0.316 e. The van der Waals surface area contributed by atoms with E-state index in [9.17, 15) is 0 Å². The lowest BCUT2D eigenvalue weighted by molar-refractivity contribution is 0.172. The highest BCUT2D eigenvalue weighted by molar-refractivity contribution is 4.89. The van der Waals surface area contributed by atoms with Gasteiger partial charge in [0.2, 0.25) is 0 Å². The number of hydrogen-bond donors (Lipinski definition) is 1. The molecule has 1 fully saturated rings. The van der Waals surface area contributed by atoms with Gasteiger partial charge in [0.1, 0.15) is 5.82 Å². The van der Waals surface area contributed by atoms with Crippen molar-refractivity contribution in [3.05, 3.63) is 24.3 Å². The Bertz CT molecular complexity index is 320. The minimum atomic E-state index is 0.851. The van der Waals surface area contributed by atoms with Crippen LogP contribution in [-0.4, -0.2) is 41.0 Å². The van der Waals surface area contributed by atoms with E-state index < -0.39 is 0 Å². The van der Waals surface area contributed by atoms with Crippen LogP contribution in [0.3, 0.4) is 0 Å². The van der Waals surface area contributed by atoms with Crippen LogP contribution >= 0.6 is 0 Å². The summed E-state index contributed by atoms with van der Waals surface area (Å²) in [7, 11) is 0. The molecule has 0 atom stereocenters. The Morgan fingerprint density at radius 2 is 2.00 bits per heavy atom. The zero-order chi connectivity index (χ0) is 12.6. The van der Waals surface area contributed by atoms with Gasteiger partial charge in [-0.1, -0.05) is 6.92 Å². The molecule has 0 radical (unpaired) electrons. The summed E-state index contributed by atoms with van der Waals surface area (Å²) >= 11 is 0. The second-order valence-corrected chi connectivity index (χ2v) is 5.09. The van der Waals surface area contributed by atoms with Crippen molar-refractivity contribution in [2.75, 3.05) is 26.2 Å². The molecule has 0 saturated carbocycles. The van der Waals surface area contributed by atoms with E-state index in [-0.39, 0.29) is 0 Å². The highest BCUT2D eigenvalue weighted by atomic mass is 15.1. The van der Waals surface area contributed by atoms with Gasteiger partial charge in [-0.05, 0) is 57.4 Å². The molecule has 0 amide bonds. The van der Waals surface area contributed by atoms with Crippen LogP contribution in [0.2, 0.25) is 0 Å². The van der Waals surface area contributed by atoms with Crippen molar-refractivity contribution < 1.29 is 0 Å². The van der Waals surface area contributed by atoms with Gasteiger partial charge >= 0.3 is 0 Å². The second-order valence-electron chi connectivity index (χ2n) is 5.09. The average molecular weight is 248 g/mol. The molecule has 0 bridgehead atoms. The molecule has 1 saturated heterocycles. The van der Waals surface area contributed by atoms with Gasteiger partial charge in [-0.2, -0.15) is 0 Å². The van der Waals surface area contributed by atoms with Crippen molar-refractivity contribution in [3.63, 3.8) is 0 Å². The van der Waals surface area contributed by atoms with Crippen molar-refractivity contribution >= 4 is 0 Å². The second kappa shape index (κ2) is 7.44. The van der Waals surface area contributed by atoms with Crippen LogP contribution in [0, 0.1) is 5.92 Å². The maximum absolute atomic E-state index is 4.29. The summed E-state index contributed by atoms with van der Waals surface area (Å²) < 4.78 is 0. The maximum atomic E-state index is 4.29. The van der Waals surface area contributed by atoms with Gasteiger partial charge in [-0.3, -0.25) is 4.90 Å². The number of likely N-dealkylation sites (tertiary alicyclic amines) is 1. The molecule has 0 aliphatic carbocycles. The van der Waals surface area contributed by atoms with Crippen LogP contribution in [0.25, 0.3) is 0 Å². The minimum Gasteiger partial charge on any atom is -0.316 e. The lowest BCUT2D eigenvalue weighted by atomic mass is 9.97. The molecule has 0 unspecified atom stereocenters. The molecule has 0 spiro atoms. The highest BCUT2D eigenvalue weighted by Gasteiger charge is 2.19. The quantitative estimate of drug-likeness (QED) is 0.778. The number of piperidine rings is 1. The Balaban J connectivity index is 1.67. The van der Waals surface area contributed by atoms with Gasteiger partial charge in [-0.15, -0.1) is 0 Å². The number of nitrogens with one attached hydrogen (secondary N) is 1. The molecule has 4 heteroatoms. The Morgan fingerprint density at radius 3 is 2.67 bits per heavy atom. The van der Waals surface area contributed by atoms with Crippen LogP contribution < -0.4 is 5.32 Å². The molecule has 1 aliphatic heterocycles. The summed E-state index contributed by atoms with van der Waals surface area (Å²) in [6.07, 6.45) is 7.46. The standard InChI is InChI=1S/C14H24N4/c1-2-6-15-11-13-4-9-18(10-5-13)12-14-16-7-3-8-17-14/h3,7-8,13,15H,2,4-6,9-12H2,1H3. The van der Waals surface area contributed by atoms with E-state index in [1.54, 1.807) is 0 Å². The molecular formula is C14H24N4. The number of hydrogen-bond acceptors (Lipinski definition) is 4. The van der Waals surface area contributed by atoms with Gasteiger partial charge in [-0.25, -0.2) is 9.97 Å². The minimum absolute atomic E-state index is 0.851. The first-order chi connectivity index (χ1) is 8.88. The average Bonchev–Trinajstić information content (AvgIpc) is 2.42. The fraction of sp³-hybridized carbons (Fsp3) is 0.714. The first kappa shape index (κ1) is 13.4.